The van der Waals surface area contributed by atoms with Crippen molar-refractivity contribution in [1.82, 2.24) is 25.8 Å². The number of benzene rings is 1. The number of halogens is 3. The van der Waals surface area contributed by atoms with Crippen molar-refractivity contribution >= 4 is 11.7 Å². The number of hydrogen-bond acceptors (Lipinski definition) is 7. The van der Waals surface area contributed by atoms with Gasteiger partial charge in [0.25, 0.3) is 0 Å². The van der Waals surface area contributed by atoms with Gasteiger partial charge in [-0.25, -0.2) is 4.79 Å². The summed E-state index contributed by atoms with van der Waals surface area (Å²) in [5.74, 6) is 0. The molecule has 2 fully saturated rings. The number of nitrogens with zero attached hydrogens (tertiary/aromatic N) is 4. The number of piperidine rings is 1. The van der Waals surface area contributed by atoms with Crippen LogP contribution in [-0.4, -0.2) is 67.3 Å². The number of dihydropyridines is 1. The van der Waals surface area contributed by atoms with Gasteiger partial charge < -0.3 is 30.5 Å². The van der Waals surface area contributed by atoms with Crippen molar-refractivity contribution in [3.05, 3.63) is 83.3 Å². The molecule has 0 bridgehead atoms. The average molecular weight is 596 g/mol. The van der Waals surface area contributed by atoms with Crippen LogP contribution in [-0.2, 0) is 16.6 Å². The van der Waals surface area contributed by atoms with E-state index in [0.29, 0.717) is 51.3 Å². The predicted molar refractivity (Wildman–Crippen MR) is 156 cm³/mol. The maximum absolute atomic E-state index is 13.6. The van der Waals surface area contributed by atoms with Gasteiger partial charge in [-0.15, -0.1) is 0 Å². The van der Waals surface area contributed by atoms with Crippen molar-refractivity contribution in [2.75, 3.05) is 44.7 Å². The van der Waals surface area contributed by atoms with Gasteiger partial charge in [0.2, 0.25) is 0 Å². The molecule has 2 amide bonds. The Morgan fingerprint density at radius 1 is 1.26 bits per heavy atom. The van der Waals surface area contributed by atoms with E-state index < -0.39 is 23.0 Å². The number of carbonyl (C=O) groups excluding carboxylic acids is 1. The van der Waals surface area contributed by atoms with Crippen molar-refractivity contribution in [3.63, 3.8) is 0 Å². The number of carbonyl (C=O) groups is 1. The lowest BCUT2D eigenvalue weighted by atomic mass is 9.79. The Balaban J connectivity index is 1.42. The van der Waals surface area contributed by atoms with Crippen molar-refractivity contribution in [2.45, 2.75) is 49.7 Å². The van der Waals surface area contributed by atoms with Gasteiger partial charge in [-0.3, -0.25) is 4.98 Å². The van der Waals surface area contributed by atoms with E-state index >= 15 is 0 Å². The number of aromatic nitrogens is 1. The molecule has 3 N–H and O–H groups in total. The van der Waals surface area contributed by atoms with Crippen LogP contribution in [0.5, 0.6) is 0 Å². The topological polar surface area (TPSA) is 106 Å². The first-order valence-electron chi connectivity index (χ1n) is 14.5. The quantitative estimate of drug-likeness (QED) is 0.440. The van der Waals surface area contributed by atoms with Crippen LogP contribution in [0.1, 0.15) is 42.9 Å². The van der Waals surface area contributed by atoms with Gasteiger partial charge >= 0.3 is 12.2 Å². The van der Waals surface area contributed by atoms with E-state index in [2.05, 4.69) is 20.9 Å². The summed E-state index contributed by atoms with van der Waals surface area (Å²) < 4.78 is 46.0. The van der Waals surface area contributed by atoms with Gasteiger partial charge in [-0.2, -0.15) is 18.4 Å². The number of nitrogens with one attached hydrogen (secondary N) is 3. The van der Waals surface area contributed by atoms with Crippen LogP contribution in [0.15, 0.2) is 66.7 Å². The molecule has 2 atom stereocenters. The second-order valence-electron chi connectivity index (χ2n) is 11.0. The Labute approximate surface area is 249 Å². The molecular weight excluding hydrogens is 559 g/mol. The summed E-state index contributed by atoms with van der Waals surface area (Å²) in [7, 11) is 1.89. The standard InChI is InChI=1S/C31H36F3N7O2/c1-3-43-30(25-5-4-13-37-19-25)10-8-24(20-38-30)29(39-28(42)41-14-9-26(21-41)36-2)11-15-40(16-12-29)27-7-6-23(31(32,33)34)17-22(27)18-35/h4-8,10,13,17,19-20,26,36,38H,3,9,11-12,14-16,21H2,1-2H3,(H,39,42)/t26-,30?/m1/s1. The highest BCUT2D eigenvalue weighted by atomic mass is 19.4. The van der Waals surface area contributed by atoms with Crippen LogP contribution in [0.25, 0.3) is 0 Å². The zero-order valence-electron chi connectivity index (χ0n) is 24.2. The molecule has 2 saturated heterocycles. The van der Waals surface area contributed by atoms with E-state index in [1.807, 2.05) is 55.4 Å². The van der Waals surface area contributed by atoms with Crippen LogP contribution in [0.2, 0.25) is 0 Å². The summed E-state index contributed by atoms with van der Waals surface area (Å²) in [5.41, 5.74) is -0.430. The summed E-state index contributed by atoms with van der Waals surface area (Å²) in [6.45, 7) is 4.44. The lowest BCUT2D eigenvalue weighted by molar-refractivity contribution is -0.137. The van der Waals surface area contributed by atoms with Crippen molar-refractivity contribution in [2.24, 2.45) is 0 Å². The zero-order valence-corrected chi connectivity index (χ0v) is 24.2. The van der Waals surface area contributed by atoms with E-state index in [9.17, 15) is 23.2 Å². The summed E-state index contributed by atoms with van der Waals surface area (Å²) in [5, 5.41) is 19.6. The molecule has 0 radical (unpaired) electrons. The molecule has 1 aromatic carbocycles. The molecule has 4 heterocycles. The monoisotopic (exact) mass is 595 g/mol. The highest BCUT2D eigenvalue weighted by molar-refractivity contribution is 5.76. The first-order chi connectivity index (χ1) is 20.6. The Morgan fingerprint density at radius 2 is 2.05 bits per heavy atom. The van der Waals surface area contributed by atoms with Crippen LogP contribution < -0.4 is 20.9 Å². The van der Waals surface area contributed by atoms with Crippen LogP contribution in [0.4, 0.5) is 23.7 Å². The number of rotatable bonds is 7. The lowest BCUT2D eigenvalue weighted by Crippen LogP contribution is -2.59. The molecule has 228 valence electrons. The Hall–Kier alpha value is -4.08. The van der Waals surface area contributed by atoms with E-state index in [-0.39, 0.29) is 17.6 Å². The molecule has 0 aliphatic carbocycles. The normalized spacial score (nSPS) is 23.3. The largest absolute Gasteiger partial charge is 0.416 e. The highest BCUT2D eigenvalue weighted by Gasteiger charge is 2.43. The summed E-state index contributed by atoms with van der Waals surface area (Å²) in [6, 6.07) is 9.03. The molecular formula is C31H36F3N7O2. The maximum atomic E-state index is 13.6. The van der Waals surface area contributed by atoms with E-state index in [1.165, 1.54) is 6.07 Å². The molecule has 0 spiro atoms. The third kappa shape index (κ3) is 6.19. The van der Waals surface area contributed by atoms with Gasteiger partial charge in [0.1, 0.15) is 6.07 Å². The van der Waals surface area contributed by atoms with Gasteiger partial charge in [-0.1, -0.05) is 12.1 Å². The van der Waals surface area contributed by atoms with Crippen LogP contribution >= 0.6 is 0 Å². The second kappa shape index (κ2) is 12.3. The number of nitriles is 1. The molecule has 3 aliphatic rings. The minimum atomic E-state index is -4.54. The van der Waals surface area contributed by atoms with Gasteiger partial charge in [0, 0.05) is 63.0 Å². The summed E-state index contributed by atoms with van der Waals surface area (Å²) in [4.78, 5) is 21.5. The number of pyridine rings is 1. The summed E-state index contributed by atoms with van der Waals surface area (Å²) in [6.07, 6.45) is 6.48. The second-order valence-corrected chi connectivity index (χ2v) is 11.0. The molecule has 0 saturated carbocycles. The van der Waals surface area contributed by atoms with Crippen LogP contribution in [0, 0.1) is 11.3 Å². The molecule has 9 nitrogen and oxygen atoms in total. The average Bonchev–Trinajstić information content (AvgIpc) is 3.51. The summed E-state index contributed by atoms with van der Waals surface area (Å²) >= 11 is 0. The van der Waals surface area contributed by atoms with Gasteiger partial charge in [-0.05, 0) is 69.1 Å². The van der Waals surface area contributed by atoms with E-state index in [0.717, 1.165) is 29.7 Å². The lowest BCUT2D eigenvalue weighted by Gasteiger charge is -2.46. The third-order valence-corrected chi connectivity index (χ3v) is 8.59. The van der Waals surface area contributed by atoms with Crippen LogP contribution in [0.3, 0.4) is 0 Å². The van der Waals surface area contributed by atoms with Gasteiger partial charge in [0.15, 0.2) is 5.72 Å². The van der Waals surface area contributed by atoms with Crippen molar-refractivity contribution in [3.8, 4) is 6.07 Å². The maximum Gasteiger partial charge on any atom is 0.416 e. The molecule has 43 heavy (non-hydrogen) atoms. The fourth-order valence-electron chi connectivity index (χ4n) is 6.11. The van der Waals surface area contributed by atoms with Crippen molar-refractivity contribution < 1.29 is 22.7 Å². The third-order valence-electron chi connectivity index (χ3n) is 8.59. The zero-order chi connectivity index (χ0) is 30.7. The first kappa shape index (κ1) is 30.4. The molecule has 3 aliphatic heterocycles. The van der Waals surface area contributed by atoms with Crippen molar-refractivity contribution in [1.29, 1.82) is 5.26 Å². The fraction of sp³-hybridized carbons (Fsp3) is 0.452. The molecule has 5 rings (SSSR count). The number of amides is 2. The van der Waals surface area contributed by atoms with E-state index in [4.69, 9.17) is 4.74 Å². The minimum absolute atomic E-state index is 0.0297. The van der Waals surface area contributed by atoms with E-state index in [1.54, 1.807) is 17.3 Å². The minimum Gasteiger partial charge on any atom is -0.370 e. The molecule has 1 aromatic heterocycles. The fourth-order valence-corrected chi connectivity index (χ4v) is 6.11. The molecule has 12 heteroatoms. The smallest absolute Gasteiger partial charge is 0.370 e. The number of hydrogen-bond donors (Lipinski definition) is 3. The first-order valence-corrected chi connectivity index (χ1v) is 14.5. The number of ether oxygens (including phenoxy) is 1. The predicted octanol–water partition coefficient (Wildman–Crippen LogP) is 4.25. The number of urea groups is 1. The Bertz CT molecular complexity index is 1410. The number of anilines is 1. The van der Waals surface area contributed by atoms with Gasteiger partial charge in [0.05, 0.1) is 22.4 Å². The Kier molecular flexibility index (Phi) is 8.66. The highest BCUT2D eigenvalue weighted by Crippen LogP contribution is 2.39. The molecule has 1 unspecified atom stereocenters. The number of likely N-dealkylation sites (N-methyl/N-ethyl adjacent to an activating group) is 1. The SMILES string of the molecule is CCOC1(c2cccnc2)C=CC(C2(NC(=O)N3CC[C@@H](NC)C3)CCN(c3ccc(C(F)(F)F)cc3C#N)CC2)=CN1. The number of alkyl halides is 3. The Morgan fingerprint density at radius 3 is 2.63 bits per heavy atom. The molecule has 2 aromatic rings. The number of likely N-dealkylation sites (tertiary alicyclic amines) is 1.